The standard InChI is InChI=1S/C24H33N5O/c1-19-4-2-6-22(27-19)16-26-24(30)21-5-3-13-29(18-21)23-9-14-28(15-10-23)17-20-7-11-25-12-8-20/h2,4,6-8,11-12,21,23H,3,5,9-10,13-18H2,1H3,(H,26,30)/t21-/m0/s1. The number of piperidine rings is 2. The van der Waals surface area contributed by atoms with Gasteiger partial charge in [-0.2, -0.15) is 0 Å². The Morgan fingerprint density at radius 1 is 1.10 bits per heavy atom. The van der Waals surface area contributed by atoms with E-state index in [0.717, 1.165) is 57.0 Å². The average Bonchev–Trinajstić information content (AvgIpc) is 2.79. The van der Waals surface area contributed by atoms with Gasteiger partial charge in [0.05, 0.1) is 18.2 Å². The van der Waals surface area contributed by atoms with Crippen molar-refractivity contribution in [2.75, 3.05) is 26.2 Å². The Morgan fingerprint density at radius 2 is 1.90 bits per heavy atom. The zero-order valence-corrected chi connectivity index (χ0v) is 18.0. The molecule has 1 atom stereocenters. The SMILES string of the molecule is Cc1cccc(CNC(=O)[C@H]2CCCN(C3CCN(Cc4ccncc4)CC3)C2)n1. The van der Waals surface area contributed by atoms with Crippen molar-refractivity contribution in [2.45, 2.75) is 51.7 Å². The van der Waals surface area contributed by atoms with Gasteiger partial charge >= 0.3 is 0 Å². The molecule has 6 nitrogen and oxygen atoms in total. The number of carbonyl (C=O) groups is 1. The second kappa shape index (κ2) is 10.1. The van der Waals surface area contributed by atoms with Crippen molar-refractivity contribution < 1.29 is 4.79 Å². The average molecular weight is 408 g/mol. The van der Waals surface area contributed by atoms with E-state index < -0.39 is 0 Å². The number of aryl methyl sites for hydroxylation is 1. The summed E-state index contributed by atoms with van der Waals surface area (Å²) >= 11 is 0. The number of hydrogen-bond donors (Lipinski definition) is 1. The van der Waals surface area contributed by atoms with E-state index in [1.807, 2.05) is 37.5 Å². The van der Waals surface area contributed by atoms with Crippen molar-refractivity contribution in [1.82, 2.24) is 25.1 Å². The van der Waals surface area contributed by atoms with Crippen LogP contribution in [0.4, 0.5) is 0 Å². The molecule has 0 unspecified atom stereocenters. The maximum Gasteiger partial charge on any atom is 0.224 e. The molecule has 1 N–H and O–H groups in total. The van der Waals surface area contributed by atoms with Crippen molar-refractivity contribution in [3.8, 4) is 0 Å². The lowest BCUT2D eigenvalue weighted by atomic mass is 9.93. The molecular formula is C24H33N5O. The summed E-state index contributed by atoms with van der Waals surface area (Å²) in [6, 6.07) is 10.8. The maximum absolute atomic E-state index is 12.8. The Morgan fingerprint density at radius 3 is 2.67 bits per heavy atom. The lowest BCUT2D eigenvalue weighted by molar-refractivity contribution is -0.127. The zero-order chi connectivity index (χ0) is 20.8. The van der Waals surface area contributed by atoms with E-state index in [4.69, 9.17) is 0 Å². The minimum Gasteiger partial charge on any atom is -0.350 e. The highest BCUT2D eigenvalue weighted by atomic mass is 16.1. The van der Waals surface area contributed by atoms with Crippen molar-refractivity contribution in [3.05, 3.63) is 59.7 Å². The normalized spacial score (nSPS) is 21.4. The van der Waals surface area contributed by atoms with Gasteiger partial charge in [0.25, 0.3) is 0 Å². The minimum absolute atomic E-state index is 0.0957. The molecule has 2 aromatic rings. The van der Waals surface area contributed by atoms with Crippen molar-refractivity contribution in [3.63, 3.8) is 0 Å². The molecule has 0 bridgehead atoms. The van der Waals surface area contributed by atoms with Crippen LogP contribution in [-0.2, 0) is 17.9 Å². The first-order valence-corrected chi connectivity index (χ1v) is 11.2. The van der Waals surface area contributed by atoms with Crippen LogP contribution >= 0.6 is 0 Å². The van der Waals surface area contributed by atoms with Crippen LogP contribution in [0.5, 0.6) is 0 Å². The lowest BCUT2D eigenvalue weighted by Gasteiger charge is -2.42. The number of pyridine rings is 2. The number of hydrogen-bond acceptors (Lipinski definition) is 5. The van der Waals surface area contributed by atoms with Gasteiger partial charge in [0.2, 0.25) is 5.91 Å². The van der Waals surface area contributed by atoms with Crippen LogP contribution in [-0.4, -0.2) is 57.9 Å². The zero-order valence-electron chi connectivity index (χ0n) is 18.0. The molecule has 1 amide bonds. The third-order valence-corrected chi connectivity index (χ3v) is 6.44. The summed E-state index contributed by atoms with van der Waals surface area (Å²) in [5, 5.41) is 3.11. The van der Waals surface area contributed by atoms with Crippen LogP contribution in [0.25, 0.3) is 0 Å². The highest BCUT2D eigenvalue weighted by Gasteiger charge is 2.31. The van der Waals surface area contributed by atoms with Gasteiger partial charge in [-0.05, 0) is 82.1 Å². The monoisotopic (exact) mass is 407 g/mol. The summed E-state index contributed by atoms with van der Waals surface area (Å²) < 4.78 is 0. The van der Waals surface area contributed by atoms with Gasteiger partial charge in [-0.1, -0.05) is 6.07 Å². The van der Waals surface area contributed by atoms with E-state index in [-0.39, 0.29) is 11.8 Å². The van der Waals surface area contributed by atoms with Gasteiger partial charge < -0.3 is 5.32 Å². The molecule has 0 radical (unpaired) electrons. The molecule has 4 rings (SSSR count). The van der Waals surface area contributed by atoms with E-state index in [9.17, 15) is 4.79 Å². The fraction of sp³-hybridized carbons (Fsp3) is 0.542. The highest BCUT2D eigenvalue weighted by molar-refractivity contribution is 5.78. The van der Waals surface area contributed by atoms with Crippen molar-refractivity contribution >= 4 is 5.91 Å². The smallest absolute Gasteiger partial charge is 0.224 e. The van der Waals surface area contributed by atoms with Gasteiger partial charge in [-0.3, -0.25) is 24.6 Å². The second-order valence-corrected chi connectivity index (χ2v) is 8.68. The van der Waals surface area contributed by atoms with Crippen LogP contribution in [0, 0.1) is 12.8 Å². The second-order valence-electron chi connectivity index (χ2n) is 8.68. The molecule has 2 aliphatic heterocycles. The lowest BCUT2D eigenvalue weighted by Crippen LogP contribution is -2.50. The third kappa shape index (κ3) is 5.64. The molecule has 4 heterocycles. The quantitative estimate of drug-likeness (QED) is 0.798. The first-order chi connectivity index (χ1) is 14.7. The molecular weight excluding hydrogens is 374 g/mol. The van der Waals surface area contributed by atoms with Crippen LogP contribution in [0.1, 0.15) is 42.6 Å². The number of likely N-dealkylation sites (tertiary alicyclic amines) is 2. The van der Waals surface area contributed by atoms with E-state index in [2.05, 4.69) is 37.2 Å². The molecule has 0 spiro atoms. The number of nitrogens with one attached hydrogen (secondary N) is 1. The first kappa shape index (κ1) is 20.9. The van der Waals surface area contributed by atoms with Crippen molar-refractivity contribution in [2.24, 2.45) is 5.92 Å². The topological polar surface area (TPSA) is 61.4 Å². The molecule has 2 aromatic heterocycles. The molecule has 2 aliphatic rings. The molecule has 160 valence electrons. The predicted molar refractivity (Wildman–Crippen MR) is 118 cm³/mol. The summed E-state index contributed by atoms with van der Waals surface area (Å²) in [7, 11) is 0. The third-order valence-electron chi connectivity index (χ3n) is 6.44. The minimum atomic E-state index is 0.0957. The van der Waals surface area contributed by atoms with Gasteiger partial charge in [-0.15, -0.1) is 0 Å². The van der Waals surface area contributed by atoms with Crippen molar-refractivity contribution in [1.29, 1.82) is 0 Å². The summed E-state index contributed by atoms with van der Waals surface area (Å²) in [5.74, 6) is 0.275. The molecule has 2 fully saturated rings. The Kier molecular flexibility index (Phi) is 7.07. The van der Waals surface area contributed by atoms with E-state index in [1.54, 1.807) is 0 Å². The van der Waals surface area contributed by atoms with E-state index >= 15 is 0 Å². The fourth-order valence-electron chi connectivity index (χ4n) is 4.76. The van der Waals surface area contributed by atoms with Gasteiger partial charge in [0, 0.05) is 37.2 Å². The summed E-state index contributed by atoms with van der Waals surface area (Å²) in [5.41, 5.74) is 3.25. The predicted octanol–water partition coefficient (Wildman–Crippen LogP) is 2.78. The largest absolute Gasteiger partial charge is 0.350 e. The Balaban J connectivity index is 1.23. The van der Waals surface area contributed by atoms with Gasteiger partial charge in [0.1, 0.15) is 0 Å². The number of nitrogens with zero attached hydrogens (tertiary/aromatic N) is 4. The molecule has 30 heavy (non-hydrogen) atoms. The van der Waals surface area contributed by atoms with E-state index in [1.165, 1.54) is 18.4 Å². The number of aromatic nitrogens is 2. The summed E-state index contributed by atoms with van der Waals surface area (Å²) in [6.45, 7) is 7.77. The van der Waals surface area contributed by atoms with E-state index in [0.29, 0.717) is 12.6 Å². The molecule has 2 saturated heterocycles. The van der Waals surface area contributed by atoms with Crippen LogP contribution in [0.15, 0.2) is 42.7 Å². The number of amides is 1. The Hall–Kier alpha value is -2.31. The fourth-order valence-corrected chi connectivity index (χ4v) is 4.76. The summed E-state index contributed by atoms with van der Waals surface area (Å²) in [4.78, 5) is 26.5. The molecule has 0 aromatic carbocycles. The molecule has 0 aliphatic carbocycles. The molecule has 6 heteroatoms. The number of carbonyl (C=O) groups excluding carboxylic acids is 1. The van der Waals surface area contributed by atoms with Gasteiger partial charge in [-0.25, -0.2) is 0 Å². The Bertz CT molecular complexity index is 819. The first-order valence-electron chi connectivity index (χ1n) is 11.2. The maximum atomic E-state index is 12.8. The van der Waals surface area contributed by atoms with Crippen LogP contribution in [0.3, 0.4) is 0 Å². The van der Waals surface area contributed by atoms with Crippen LogP contribution in [0.2, 0.25) is 0 Å². The van der Waals surface area contributed by atoms with Gasteiger partial charge in [0.15, 0.2) is 0 Å². The summed E-state index contributed by atoms with van der Waals surface area (Å²) in [6.07, 6.45) is 8.22. The van der Waals surface area contributed by atoms with Crippen LogP contribution < -0.4 is 5.32 Å². The number of rotatable bonds is 6. The molecule has 0 saturated carbocycles. The highest BCUT2D eigenvalue weighted by Crippen LogP contribution is 2.24. The Labute approximate surface area is 179 Å².